The molecule has 6 heteroatoms. The van der Waals surface area contributed by atoms with Crippen molar-refractivity contribution in [3.8, 4) is 11.5 Å². The van der Waals surface area contributed by atoms with Gasteiger partial charge in [-0.1, -0.05) is 0 Å². The highest BCUT2D eigenvalue weighted by atomic mass is 16.5. The molecule has 2 aliphatic rings. The van der Waals surface area contributed by atoms with Crippen LogP contribution in [0.5, 0.6) is 11.5 Å². The van der Waals surface area contributed by atoms with Crippen molar-refractivity contribution in [3.05, 3.63) is 42.5 Å². The van der Waals surface area contributed by atoms with Crippen molar-refractivity contribution in [1.82, 2.24) is 0 Å². The van der Waals surface area contributed by atoms with Gasteiger partial charge in [0.05, 0.1) is 13.2 Å². The predicted molar refractivity (Wildman–Crippen MR) is 116 cm³/mol. The van der Waals surface area contributed by atoms with Crippen LogP contribution >= 0.6 is 0 Å². The lowest BCUT2D eigenvalue weighted by Crippen LogP contribution is -2.32. The van der Waals surface area contributed by atoms with E-state index in [0.717, 1.165) is 36.6 Å². The summed E-state index contributed by atoms with van der Waals surface area (Å²) in [5.41, 5.74) is 2.86. The maximum atomic E-state index is 12.6. The number of carbonyl (C=O) groups is 1. The summed E-state index contributed by atoms with van der Waals surface area (Å²) in [5, 5.41) is 6.23. The number of benzene rings is 2. The van der Waals surface area contributed by atoms with Crippen LogP contribution in [0.25, 0.3) is 0 Å². The van der Waals surface area contributed by atoms with Gasteiger partial charge < -0.3 is 25.0 Å². The average Bonchev–Trinajstić information content (AvgIpc) is 3.00. The highest BCUT2D eigenvalue weighted by Crippen LogP contribution is 2.32. The SMILES string of the molecule is C[C@H](Nc1ccc2c(c1)OCCCO2)C(=O)Nc1ccc(N2CCCCC2)cc1. The zero-order valence-electron chi connectivity index (χ0n) is 16.9. The van der Waals surface area contributed by atoms with Crippen LogP contribution in [0.15, 0.2) is 42.5 Å². The Labute approximate surface area is 172 Å². The number of nitrogens with one attached hydrogen (secondary N) is 2. The van der Waals surface area contributed by atoms with Crippen LogP contribution in [0.2, 0.25) is 0 Å². The summed E-state index contributed by atoms with van der Waals surface area (Å²) in [6.07, 6.45) is 4.69. The summed E-state index contributed by atoms with van der Waals surface area (Å²) < 4.78 is 11.4. The van der Waals surface area contributed by atoms with Crippen molar-refractivity contribution < 1.29 is 14.3 Å². The van der Waals surface area contributed by atoms with Gasteiger partial charge in [0.1, 0.15) is 6.04 Å². The number of nitrogens with zero attached hydrogens (tertiary/aromatic N) is 1. The molecule has 4 rings (SSSR count). The van der Waals surface area contributed by atoms with Gasteiger partial charge in [0, 0.05) is 42.6 Å². The van der Waals surface area contributed by atoms with Gasteiger partial charge in [-0.3, -0.25) is 4.79 Å². The van der Waals surface area contributed by atoms with E-state index in [1.165, 1.54) is 24.9 Å². The van der Waals surface area contributed by atoms with E-state index in [1.54, 1.807) is 0 Å². The first-order chi connectivity index (χ1) is 14.2. The second kappa shape index (κ2) is 9.07. The van der Waals surface area contributed by atoms with Crippen LogP contribution in [0.4, 0.5) is 17.1 Å². The number of hydrogen-bond acceptors (Lipinski definition) is 5. The van der Waals surface area contributed by atoms with Crippen molar-refractivity contribution in [3.63, 3.8) is 0 Å². The molecule has 2 heterocycles. The molecule has 6 nitrogen and oxygen atoms in total. The van der Waals surface area contributed by atoms with Gasteiger partial charge >= 0.3 is 0 Å². The van der Waals surface area contributed by atoms with E-state index in [9.17, 15) is 4.79 Å². The fourth-order valence-corrected chi connectivity index (χ4v) is 3.73. The van der Waals surface area contributed by atoms with Crippen LogP contribution in [-0.4, -0.2) is 38.3 Å². The second-order valence-electron chi connectivity index (χ2n) is 7.66. The number of carbonyl (C=O) groups excluding carboxylic acids is 1. The third-order valence-electron chi connectivity index (χ3n) is 5.38. The van der Waals surface area contributed by atoms with Gasteiger partial charge in [-0.15, -0.1) is 0 Å². The fourth-order valence-electron chi connectivity index (χ4n) is 3.73. The molecule has 0 aromatic heterocycles. The van der Waals surface area contributed by atoms with E-state index in [0.29, 0.717) is 19.0 Å². The Hall–Kier alpha value is -2.89. The summed E-state index contributed by atoms with van der Waals surface area (Å²) in [4.78, 5) is 15.0. The van der Waals surface area contributed by atoms with Crippen molar-refractivity contribution >= 4 is 23.0 Å². The van der Waals surface area contributed by atoms with Gasteiger partial charge in [-0.2, -0.15) is 0 Å². The Morgan fingerprint density at radius 1 is 0.897 bits per heavy atom. The summed E-state index contributed by atoms with van der Waals surface area (Å²) in [6, 6.07) is 13.4. The maximum absolute atomic E-state index is 12.6. The van der Waals surface area contributed by atoms with E-state index in [-0.39, 0.29) is 11.9 Å². The van der Waals surface area contributed by atoms with E-state index in [1.807, 2.05) is 37.3 Å². The Bertz CT molecular complexity index is 832. The van der Waals surface area contributed by atoms with Crippen LogP contribution in [0.3, 0.4) is 0 Å². The smallest absolute Gasteiger partial charge is 0.246 e. The summed E-state index contributed by atoms with van der Waals surface area (Å²) >= 11 is 0. The topological polar surface area (TPSA) is 62.8 Å². The normalized spacial score (nSPS) is 17.2. The third-order valence-corrected chi connectivity index (χ3v) is 5.38. The molecule has 0 unspecified atom stereocenters. The molecular weight excluding hydrogens is 366 g/mol. The molecule has 0 radical (unpaired) electrons. The molecule has 0 aliphatic carbocycles. The van der Waals surface area contributed by atoms with Gasteiger partial charge in [0.25, 0.3) is 0 Å². The second-order valence-corrected chi connectivity index (χ2v) is 7.66. The first-order valence-electron chi connectivity index (χ1n) is 10.5. The Balaban J connectivity index is 1.34. The maximum Gasteiger partial charge on any atom is 0.246 e. The van der Waals surface area contributed by atoms with Crippen LogP contribution in [0.1, 0.15) is 32.6 Å². The standard InChI is InChI=1S/C23H29N3O3/c1-17(24-19-8-11-21-22(16-19)29-15-5-14-28-21)23(27)25-18-6-9-20(10-7-18)26-12-3-2-4-13-26/h6-11,16-17,24H,2-5,12-15H2,1H3,(H,25,27)/t17-/m0/s1. The molecule has 1 amide bonds. The minimum Gasteiger partial charge on any atom is -0.490 e. The fraction of sp³-hybridized carbons (Fsp3) is 0.435. The molecule has 29 heavy (non-hydrogen) atoms. The molecule has 0 bridgehead atoms. The first kappa shape index (κ1) is 19.4. The van der Waals surface area contributed by atoms with E-state index >= 15 is 0 Å². The van der Waals surface area contributed by atoms with Gasteiger partial charge in [0.15, 0.2) is 11.5 Å². The Morgan fingerprint density at radius 3 is 2.34 bits per heavy atom. The first-order valence-corrected chi connectivity index (χ1v) is 10.5. The number of rotatable bonds is 5. The molecule has 2 aromatic rings. The third kappa shape index (κ3) is 4.94. The number of amides is 1. The minimum atomic E-state index is -0.387. The van der Waals surface area contributed by atoms with E-state index in [4.69, 9.17) is 9.47 Å². The summed E-state index contributed by atoms with van der Waals surface area (Å²) in [7, 11) is 0. The lowest BCUT2D eigenvalue weighted by Gasteiger charge is -2.28. The molecule has 2 N–H and O–H groups in total. The van der Waals surface area contributed by atoms with E-state index in [2.05, 4.69) is 27.7 Å². The summed E-state index contributed by atoms with van der Waals surface area (Å²) in [5.74, 6) is 1.38. The van der Waals surface area contributed by atoms with Crippen LogP contribution in [0, 0.1) is 0 Å². The minimum absolute atomic E-state index is 0.0807. The van der Waals surface area contributed by atoms with Crippen molar-refractivity contribution in [1.29, 1.82) is 0 Å². The number of hydrogen-bond donors (Lipinski definition) is 2. The van der Waals surface area contributed by atoms with Crippen LogP contribution < -0.4 is 25.0 Å². The molecule has 1 saturated heterocycles. The van der Waals surface area contributed by atoms with Gasteiger partial charge in [-0.05, 0) is 62.6 Å². The Morgan fingerprint density at radius 2 is 1.59 bits per heavy atom. The van der Waals surface area contributed by atoms with Crippen molar-refractivity contribution in [2.75, 3.05) is 41.8 Å². The predicted octanol–water partition coefficient (Wildman–Crippen LogP) is 4.28. The molecule has 1 fully saturated rings. The number of anilines is 3. The monoisotopic (exact) mass is 395 g/mol. The lowest BCUT2D eigenvalue weighted by atomic mass is 10.1. The zero-order valence-corrected chi connectivity index (χ0v) is 16.9. The van der Waals surface area contributed by atoms with Crippen molar-refractivity contribution in [2.24, 2.45) is 0 Å². The Kier molecular flexibility index (Phi) is 6.08. The molecule has 1 atom stereocenters. The number of fused-ring (bicyclic) bond motifs is 1. The largest absolute Gasteiger partial charge is 0.490 e. The molecule has 0 saturated carbocycles. The molecule has 154 valence electrons. The molecule has 0 spiro atoms. The number of piperidine rings is 1. The lowest BCUT2D eigenvalue weighted by molar-refractivity contribution is -0.116. The van der Waals surface area contributed by atoms with Crippen molar-refractivity contribution in [2.45, 2.75) is 38.6 Å². The number of ether oxygens (including phenoxy) is 2. The van der Waals surface area contributed by atoms with Crippen LogP contribution in [-0.2, 0) is 4.79 Å². The highest BCUT2D eigenvalue weighted by Gasteiger charge is 2.16. The van der Waals surface area contributed by atoms with Gasteiger partial charge in [0.2, 0.25) is 5.91 Å². The quantitative estimate of drug-likeness (QED) is 0.791. The van der Waals surface area contributed by atoms with Gasteiger partial charge in [-0.25, -0.2) is 0 Å². The zero-order chi connectivity index (χ0) is 20.1. The van der Waals surface area contributed by atoms with E-state index < -0.39 is 0 Å². The molecule has 2 aliphatic heterocycles. The average molecular weight is 396 g/mol. The summed E-state index contributed by atoms with van der Waals surface area (Å²) in [6.45, 7) is 5.37. The highest BCUT2D eigenvalue weighted by molar-refractivity contribution is 5.96. The molecule has 2 aromatic carbocycles. The molecular formula is C23H29N3O3.